The van der Waals surface area contributed by atoms with Crippen LogP contribution in [0.3, 0.4) is 0 Å². The fourth-order valence-corrected chi connectivity index (χ4v) is 3.47. The van der Waals surface area contributed by atoms with E-state index < -0.39 is 16.6 Å². The van der Waals surface area contributed by atoms with Crippen molar-refractivity contribution >= 4 is 11.6 Å². The lowest BCUT2D eigenvalue weighted by molar-refractivity contribution is 0.0487. The Bertz CT molecular complexity index is 894. The van der Waals surface area contributed by atoms with Gasteiger partial charge in [-0.3, -0.25) is 9.59 Å². The molecule has 0 spiro atoms. The Hall–Kier alpha value is -2.50. The number of benzene rings is 2. The second kappa shape index (κ2) is 6.26. The maximum atomic E-state index is 12.5. The molecule has 1 aliphatic rings. The quantitative estimate of drug-likeness (QED) is 0.780. The minimum atomic E-state index is -1.47. The molecule has 0 aromatic heterocycles. The van der Waals surface area contributed by atoms with Crippen molar-refractivity contribution in [2.45, 2.75) is 58.2 Å². The van der Waals surface area contributed by atoms with E-state index >= 15 is 0 Å². The lowest BCUT2D eigenvalue weighted by Gasteiger charge is -2.35. The summed E-state index contributed by atoms with van der Waals surface area (Å²) < 4.78 is 6.01. The van der Waals surface area contributed by atoms with E-state index in [1.54, 1.807) is 36.4 Å². The molecule has 0 saturated heterocycles. The van der Waals surface area contributed by atoms with Crippen molar-refractivity contribution < 1.29 is 24.5 Å². The molecule has 5 heteroatoms. The Morgan fingerprint density at radius 3 is 1.46 bits per heavy atom. The highest BCUT2D eigenvalue weighted by atomic mass is 16.5. The zero-order chi connectivity index (χ0) is 21.1. The number of fused-ring (bicyclic) bond motifs is 2. The first kappa shape index (κ1) is 20.2. The molecule has 1 aliphatic heterocycles. The fourth-order valence-electron chi connectivity index (χ4n) is 3.47. The van der Waals surface area contributed by atoms with Crippen molar-refractivity contribution in [2.24, 2.45) is 0 Å². The van der Waals surface area contributed by atoms with Gasteiger partial charge in [-0.15, -0.1) is 0 Å². The molecule has 5 nitrogen and oxygen atoms in total. The summed E-state index contributed by atoms with van der Waals surface area (Å²) in [5.41, 5.74) is -1.11. The molecule has 0 radical (unpaired) electrons. The van der Waals surface area contributed by atoms with Gasteiger partial charge in [-0.05, 0) is 64.1 Å². The largest absolute Gasteiger partial charge is 0.457 e. The second-order valence-electron chi connectivity index (χ2n) is 8.93. The number of ether oxygens (including phenoxy) is 1. The number of carbonyl (C=O) groups excluding carboxylic acids is 2. The molecule has 0 saturated carbocycles. The average Bonchev–Trinajstić information content (AvgIpc) is 2.58. The van der Waals surface area contributed by atoms with Crippen LogP contribution in [0.1, 0.15) is 73.4 Å². The minimum Gasteiger partial charge on any atom is -0.457 e. The predicted octanol–water partition coefficient (Wildman–Crippen LogP) is 4.03. The Morgan fingerprint density at radius 1 is 0.786 bits per heavy atom. The summed E-state index contributed by atoms with van der Waals surface area (Å²) in [5, 5.41) is 20.1. The van der Waals surface area contributed by atoms with E-state index in [0.717, 1.165) is 11.1 Å². The van der Waals surface area contributed by atoms with Gasteiger partial charge in [-0.1, -0.05) is 13.8 Å². The zero-order valence-corrected chi connectivity index (χ0v) is 17.1. The van der Waals surface area contributed by atoms with Gasteiger partial charge in [0.1, 0.15) is 22.7 Å². The second-order valence-corrected chi connectivity index (χ2v) is 8.93. The first-order valence-corrected chi connectivity index (χ1v) is 9.24. The Balaban J connectivity index is 2.11. The Kier molecular flexibility index (Phi) is 4.52. The number of ketones is 2. The number of hydrogen-bond donors (Lipinski definition) is 2. The van der Waals surface area contributed by atoms with Crippen LogP contribution in [-0.2, 0) is 5.41 Å². The van der Waals surface area contributed by atoms with Gasteiger partial charge in [0.2, 0.25) is 0 Å². The van der Waals surface area contributed by atoms with Gasteiger partial charge in [0.05, 0.1) is 0 Å². The number of Topliss-reactive ketones (excluding diaryl/α,β-unsaturated/α-hetero) is 2. The molecule has 2 N–H and O–H groups in total. The molecule has 0 amide bonds. The number of carbonyl (C=O) groups is 2. The Morgan fingerprint density at radius 2 is 1.14 bits per heavy atom. The third-order valence-electron chi connectivity index (χ3n) is 5.16. The smallest absolute Gasteiger partial charge is 0.193 e. The van der Waals surface area contributed by atoms with Gasteiger partial charge in [0.25, 0.3) is 0 Å². The van der Waals surface area contributed by atoms with Crippen LogP contribution in [0.4, 0.5) is 0 Å². The lowest BCUT2D eigenvalue weighted by Crippen LogP contribution is -2.33. The van der Waals surface area contributed by atoms with Crippen molar-refractivity contribution in [2.75, 3.05) is 0 Å². The van der Waals surface area contributed by atoms with Crippen molar-refractivity contribution in [3.05, 3.63) is 58.7 Å². The summed E-state index contributed by atoms with van der Waals surface area (Å²) in [6, 6.07) is 10.2. The van der Waals surface area contributed by atoms with Crippen molar-refractivity contribution in [3.8, 4) is 11.5 Å². The van der Waals surface area contributed by atoms with Gasteiger partial charge in [0, 0.05) is 27.7 Å². The topological polar surface area (TPSA) is 83.8 Å². The normalized spacial score (nSPS) is 15.3. The monoisotopic (exact) mass is 382 g/mol. The molecular weight excluding hydrogens is 356 g/mol. The SMILES string of the molecule is CC(C)(O)C(=O)c1ccc2c(c1)C(C)(C)c1cc(C(=O)C(C)(C)O)ccc1O2. The minimum absolute atomic E-state index is 0.372. The Labute approximate surface area is 165 Å². The third kappa shape index (κ3) is 3.36. The highest BCUT2D eigenvalue weighted by Gasteiger charge is 2.37. The molecule has 0 aliphatic carbocycles. The molecule has 1 heterocycles. The predicted molar refractivity (Wildman–Crippen MR) is 106 cm³/mol. The van der Waals surface area contributed by atoms with E-state index in [0.29, 0.717) is 22.6 Å². The van der Waals surface area contributed by atoms with Crippen LogP contribution in [0.2, 0.25) is 0 Å². The van der Waals surface area contributed by atoms with E-state index in [9.17, 15) is 19.8 Å². The van der Waals surface area contributed by atoms with Crippen LogP contribution < -0.4 is 4.74 Å². The lowest BCUT2D eigenvalue weighted by atomic mass is 9.74. The van der Waals surface area contributed by atoms with Gasteiger partial charge < -0.3 is 14.9 Å². The van der Waals surface area contributed by atoms with E-state index in [1.165, 1.54) is 27.7 Å². The molecule has 2 aromatic rings. The number of hydrogen-bond acceptors (Lipinski definition) is 5. The summed E-state index contributed by atoms with van der Waals surface area (Å²) >= 11 is 0. The van der Waals surface area contributed by atoms with Crippen molar-refractivity contribution in [1.29, 1.82) is 0 Å². The molecular formula is C23H26O5. The molecule has 0 fully saturated rings. The third-order valence-corrected chi connectivity index (χ3v) is 5.16. The van der Waals surface area contributed by atoms with Crippen LogP contribution in [-0.4, -0.2) is 33.0 Å². The summed E-state index contributed by atoms with van der Waals surface area (Å²) in [7, 11) is 0. The molecule has 2 aromatic carbocycles. The molecule has 0 atom stereocenters. The summed E-state index contributed by atoms with van der Waals surface area (Å²) in [6.45, 7) is 9.81. The van der Waals surface area contributed by atoms with Gasteiger partial charge >= 0.3 is 0 Å². The van der Waals surface area contributed by atoms with E-state index in [4.69, 9.17) is 4.74 Å². The van der Waals surface area contributed by atoms with Gasteiger partial charge in [-0.25, -0.2) is 0 Å². The van der Waals surface area contributed by atoms with Gasteiger partial charge in [0.15, 0.2) is 11.6 Å². The van der Waals surface area contributed by atoms with Crippen LogP contribution >= 0.6 is 0 Å². The van der Waals surface area contributed by atoms with E-state index in [1.807, 2.05) is 13.8 Å². The molecule has 28 heavy (non-hydrogen) atoms. The summed E-state index contributed by atoms with van der Waals surface area (Å²) in [6.07, 6.45) is 0. The maximum Gasteiger partial charge on any atom is 0.193 e. The fraction of sp³-hybridized carbons (Fsp3) is 0.391. The first-order chi connectivity index (χ1) is 12.7. The molecule has 0 bridgehead atoms. The first-order valence-electron chi connectivity index (χ1n) is 9.24. The standard InChI is InChI=1S/C23H26O5/c1-21(2)15-11-13(19(24)22(3,4)26)7-9-17(15)28-18-10-8-14(12-16(18)21)20(25)23(5,6)27/h7-12,26-27H,1-6H3. The molecule has 148 valence electrons. The average molecular weight is 382 g/mol. The van der Waals surface area contributed by atoms with Crippen LogP contribution in [0, 0.1) is 0 Å². The van der Waals surface area contributed by atoms with Crippen molar-refractivity contribution in [3.63, 3.8) is 0 Å². The van der Waals surface area contributed by atoms with Crippen LogP contribution in [0.5, 0.6) is 11.5 Å². The summed E-state index contributed by atoms with van der Waals surface area (Å²) in [4.78, 5) is 25.0. The van der Waals surface area contributed by atoms with Crippen LogP contribution in [0.25, 0.3) is 0 Å². The highest BCUT2D eigenvalue weighted by molar-refractivity contribution is 6.03. The number of aliphatic hydroxyl groups is 2. The van der Waals surface area contributed by atoms with E-state index in [-0.39, 0.29) is 11.6 Å². The molecule has 3 rings (SSSR count). The highest BCUT2D eigenvalue weighted by Crippen LogP contribution is 2.48. The van der Waals surface area contributed by atoms with Crippen LogP contribution in [0.15, 0.2) is 36.4 Å². The van der Waals surface area contributed by atoms with E-state index in [2.05, 4.69) is 0 Å². The van der Waals surface area contributed by atoms with Gasteiger partial charge in [-0.2, -0.15) is 0 Å². The summed E-state index contributed by atoms with van der Waals surface area (Å²) in [5.74, 6) is 0.517. The molecule has 0 unspecified atom stereocenters. The maximum absolute atomic E-state index is 12.5. The van der Waals surface area contributed by atoms with Crippen molar-refractivity contribution in [1.82, 2.24) is 0 Å². The zero-order valence-electron chi connectivity index (χ0n) is 17.1. The number of rotatable bonds is 4.